The molecule has 2 aromatic rings. The van der Waals surface area contributed by atoms with Crippen molar-refractivity contribution in [3.63, 3.8) is 0 Å². The van der Waals surface area contributed by atoms with E-state index in [0.717, 1.165) is 5.56 Å². The maximum absolute atomic E-state index is 12.8. The Hall–Kier alpha value is -2.93. The lowest BCUT2D eigenvalue weighted by Gasteiger charge is -2.58. The van der Waals surface area contributed by atoms with Gasteiger partial charge < -0.3 is 19.9 Å². The van der Waals surface area contributed by atoms with Gasteiger partial charge in [0, 0.05) is 36.3 Å². The number of carbonyl (C=O) groups excluding carboxylic acids is 1. The molecule has 1 heterocycles. The Morgan fingerprint density at radius 2 is 1.97 bits per heavy atom. The van der Waals surface area contributed by atoms with E-state index in [1.165, 1.54) is 18.3 Å². The normalized spacial score (nSPS) is 22.4. The van der Waals surface area contributed by atoms with Gasteiger partial charge in [-0.25, -0.2) is 9.78 Å². The fourth-order valence-electron chi connectivity index (χ4n) is 3.66. The first kappa shape index (κ1) is 20.8. The molecule has 0 aliphatic heterocycles. The van der Waals surface area contributed by atoms with E-state index < -0.39 is 22.8 Å². The highest BCUT2D eigenvalue weighted by Gasteiger charge is 2.66. The van der Waals surface area contributed by atoms with Crippen molar-refractivity contribution in [3.05, 3.63) is 59.8 Å². The van der Waals surface area contributed by atoms with Crippen LogP contribution in [0.3, 0.4) is 0 Å². The van der Waals surface area contributed by atoms with Gasteiger partial charge in [0.25, 0.3) is 5.91 Å². The Kier molecular flexibility index (Phi) is 5.88. The number of nitrogens with one attached hydrogen (secondary N) is 1. The second kappa shape index (κ2) is 8.21. The molecule has 0 spiro atoms. The molecular weight excluding hydrogens is 372 g/mol. The molecule has 1 aliphatic carbocycles. The van der Waals surface area contributed by atoms with Crippen molar-refractivity contribution in [1.82, 2.24) is 10.3 Å². The summed E-state index contributed by atoms with van der Waals surface area (Å²) in [7, 11) is 0. The number of carboxylic acids is 1. The Morgan fingerprint density at radius 1 is 1.24 bits per heavy atom. The summed E-state index contributed by atoms with van der Waals surface area (Å²) in [4.78, 5) is 29.0. The van der Waals surface area contributed by atoms with Crippen LogP contribution in [0.25, 0.3) is 0 Å². The maximum atomic E-state index is 12.8. The number of rotatable bonds is 8. The summed E-state index contributed by atoms with van der Waals surface area (Å²) in [5.41, 5.74) is -0.867. The van der Waals surface area contributed by atoms with Crippen LogP contribution in [0, 0.1) is 5.41 Å². The van der Waals surface area contributed by atoms with Gasteiger partial charge in [0.05, 0.1) is 6.10 Å². The third-order valence-electron chi connectivity index (χ3n) is 5.68. The highest BCUT2D eigenvalue weighted by atomic mass is 16.5. The van der Waals surface area contributed by atoms with Gasteiger partial charge in [-0.05, 0) is 18.6 Å². The Morgan fingerprint density at radius 3 is 2.59 bits per heavy atom. The Bertz CT molecular complexity index is 884. The molecule has 1 fully saturated rings. The number of benzene rings is 1. The van der Waals surface area contributed by atoms with Gasteiger partial charge in [-0.3, -0.25) is 4.79 Å². The first-order valence-electron chi connectivity index (χ1n) is 9.60. The topological polar surface area (TPSA) is 97.8 Å². The van der Waals surface area contributed by atoms with Gasteiger partial charge in [0.2, 0.25) is 5.88 Å². The highest BCUT2D eigenvalue weighted by molar-refractivity contribution is 5.98. The molecule has 2 atom stereocenters. The third-order valence-corrected chi connectivity index (χ3v) is 5.68. The summed E-state index contributed by atoms with van der Waals surface area (Å²) in [6.45, 7) is 6.27. The van der Waals surface area contributed by atoms with E-state index >= 15 is 0 Å². The summed E-state index contributed by atoms with van der Waals surface area (Å²) in [6, 6.07) is 12.7. The average molecular weight is 398 g/mol. The molecule has 29 heavy (non-hydrogen) atoms. The number of ether oxygens (including phenoxy) is 2. The molecule has 154 valence electrons. The van der Waals surface area contributed by atoms with Crippen LogP contribution in [0.4, 0.5) is 0 Å². The molecule has 1 aromatic heterocycles. The van der Waals surface area contributed by atoms with E-state index in [0.29, 0.717) is 24.7 Å². The van der Waals surface area contributed by atoms with Gasteiger partial charge >= 0.3 is 5.97 Å². The summed E-state index contributed by atoms with van der Waals surface area (Å²) >= 11 is 0. The summed E-state index contributed by atoms with van der Waals surface area (Å²) in [5, 5.41) is 12.6. The number of pyridine rings is 1. The molecule has 0 radical (unpaired) electrons. The first-order chi connectivity index (χ1) is 13.8. The molecule has 1 amide bonds. The molecule has 0 saturated heterocycles. The monoisotopic (exact) mass is 398 g/mol. The molecule has 2 unspecified atom stereocenters. The van der Waals surface area contributed by atoms with Crippen LogP contribution in [-0.2, 0) is 16.1 Å². The molecule has 7 heteroatoms. The van der Waals surface area contributed by atoms with E-state index in [9.17, 15) is 14.7 Å². The van der Waals surface area contributed by atoms with Crippen LogP contribution in [0.15, 0.2) is 48.7 Å². The fraction of sp³-hybridized carbons (Fsp3) is 0.409. The standard InChI is InChI=1S/C22H26N2O5/c1-4-28-17-13-22(20(26)27,21(17,2)3)24-19(25)16-10-11-23-18(12-16)29-14-15-8-6-5-7-9-15/h5-12,17H,4,13-14H2,1-3H3,(H,24,25)(H,26,27). The van der Waals surface area contributed by atoms with E-state index in [1.807, 2.05) is 37.3 Å². The second-order valence-corrected chi connectivity index (χ2v) is 7.69. The lowest BCUT2D eigenvalue weighted by atomic mass is 9.54. The largest absolute Gasteiger partial charge is 0.479 e. The van der Waals surface area contributed by atoms with E-state index in [1.54, 1.807) is 13.8 Å². The van der Waals surface area contributed by atoms with Gasteiger partial charge in [-0.15, -0.1) is 0 Å². The number of hydrogen-bond acceptors (Lipinski definition) is 5. The van der Waals surface area contributed by atoms with Gasteiger partial charge in [-0.2, -0.15) is 0 Å². The molecule has 1 saturated carbocycles. The van der Waals surface area contributed by atoms with Crippen molar-refractivity contribution in [2.24, 2.45) is 5.41 Å². The van der Waals surface area contributed by atoms with Crippen LogP contribution in [0.5, 0.6) is 5.88 Å². The van der Waals surface area contributed by atoms with Gasteiger partial charge in [-0.1, -0.05) is 44.2 Å². The number of nitrogens with zero attached hydrogens (tertiary/aromatic N) is 1. The van der Waals surface area contributed by atoms with E-state index in [4.69, 9.17) is 9.47 Å². The minimum atomic E-state index is -1.39. The molecule has 2 N–H and O–H groups in total. The Balaban J connectivity index is 1.72. The Labute approximate surface area is 170 Å². The third kappa shape index (κ3) is 3.96. The second-order valence-electron chi connectivity index (χ2n) is 7.69. The number of carbonyl (C=O) groups is 2. The lowest BCUT2D eigenvalue weighted by Crippen LogP contribution is -2.76. The molecule has 3 rings (SSSR count). The van der Waals surface area contributed by atoms with Crippen molar-refractivity contribution < 1.29 is 24.2 Å². The van der Waals surface area contributed by atoms with Gasteiger partial charge in [0.15, 0.2) is 0 Å². The zero-order chi connectivity index (χ0) is 21.1. The SMILES string of the molecule is CCOC1CC(NC(=O)c2ccnc(OCc3ccccc3)c2)(C(=O)O)C1(C)C. The van der Waals surface area contributed by atoms with Crippen LogP contribution in [-0.4, -0.2) is 40.2 Å². The zero-order valence-corrected chi connectivity index (χ0v) is 16.8. The molecule has 0 bridgehead atoms. The van der Waals surface area contributed by atoms with E-state index in [2.05, 4.69) is 10.3 Å². The smallest absolute Gasteiger partial charge is 0.330 e. The fourth-order valence-corrected chi connectivity index (χ4v) is 3.66. The number of carboxylic acid groups (broad SMARTS) is 1. The summed E-state index contributed by atoms with van der Waals surface area (Å²) in [6.07, 6.45) is 1.46. The van der Waals surface area contributed by atoms with Crippen molar-refractivity contribution in [2.75, 3.05) is 6.61 Å². The van der Waals surface area contributed by atoms with Crippen molar-refractivity contribution in [2.45, 2.75) is 45.4 Å². The zero-order valence-electron chi connectivity index (χ0n) is 16.8. The summed E-state index contributed by atoms with van der Waals surface area (Å²) < 4.78 is 11.3. The number of aliphatic carboxylic acids is 1. The lowest BCUT2D eigenvalue weighted by molar-refractivity contribution is -0.190. The van der Waals surface area contributed by atoms with Crippen LogP contribution < -0.4 is 10.1 Å². The molecule has 7 nitrogen and oxygen atoms in total. The molecular formula is C22H26N2O5. The van der Waals surface area contributed by atoms with Crippen molar-refractivity contribution in [3.8, 4) is 5.88 Å². The van der Waals surface area contributed by atoms with E-state index in [-0.39, 0.29) is 12.5 Å². The minimum absolute atomic E-state index is 0.220. The van der Waals surface area contributed by atoms with Crippen LogP contribution in [0.2, 0.25) is 0 Å². The average Bonchev–Trinajstić information content (AvgIpc) is 2.72. The predicted molar refractivity (Wildman–Crippen MR) is 107 cm³/mol. The predicted octanol–water partition coefficient (Wildman–Crippen LogP) is 3.05. The van der Waals surface area contributed by atoms with Crippen molar-refractivity contribution >= 4 is 11.9 Å². The number of hydrogen-bond donors (Lipinski definition) is 2. The molecule has 1 aliphatic rings. The maximum Gasteiger partial charge on any atom is 0.330 e. The summed E-state index contributed by atoms with van der Waals surface area (Å²) in [5.74, 6) is -1.25. The minimum Gasteiger partial charge on any atom is -0.479 e. The first-order valence-corrected chi connectivity index (χ1v) is 9.60. The quantitative estimate of drug-likeness (QED) is 0.709. The van der Waals surface area contributed by atoms with Gasteiger partial charge in [0.1, 0.15) is 12.1 Å². The number of amides is 1. The van der Waals surface area contributed by atoms with Crippen LogP contribution >= 0.6 is 0 Å². The molecule has 1 aromatic carbocycles. The number of aromatic nitrogens is 1. The van der Waals surface area contributed by atoms with Crippen LogP contribution in [0.1, 0.15) is 43.1 Å². The highest BCUT2D eigenvalue weighted by Crippen LogP contribution is 2.51. The van der Waals surface area contributed by atoms with Crippen molar-refractivity contribution in [1.29, 1.82) is 0 Å².